The molecule has 2 heteroatoms. The zero-order valence-electron chi connectivity index (χ0n) is 13.9. The van der Waals surface area contributed by atoms with Crippen molar-refractivity contribution in [2.45, 2.75) is 13.3 Å². The number of hydrogen-bond donors (Lipinski definition) is 0. The maximum absolute atomic E-state index is 3.95. The smallest absolute Gasteiger partial charge is 0.0277 e. The van der Waals surface area contributed by atoms with Crippen LogP contribution in [0.25, 0.3) is 0 Å². The van der Waals surface area contributed by atoms with Crippen LogP contribution >= 0.6 is 7.92 Å². The van der Waals surface area contributed by atoms with Crippen molar-refractivity contribution < 1.29 is 0 Å². The van der Waals surface area contributed by atoms with Crippen molar-refractivity contribution >= 4 is 24.7 Å². The van der Waals surface area contributed by atoms with Crippen molar-refractivity contribution in [3.05, 3.63) is 84.5 Å². The van der Waals surface area contributed by atoms with Gasteiger partial charge in [-0.3, -0.25) is 4.99 Å². The van der Waals surface area contributed by atoms with Gasteiger partial charge in [0.25, 0.3) is 0 Å². The average molecular weight is 321 g/mol. The fourth-order valence-electron chi connectivity index (χ4n) is 2.35. The van der Waals surface area contributed by atoms with Crippen molar-refractivity contribution in [3.8, 4) is 0 Å². The second kappa shape index (κ2) is 9.92. The zero-order valence-corrected chi connectivity index (χ0v) is 14.8. The summed E-state index contributed by atoms with van der Waals surface area (Å²) in [6.45, 7) is 2.21. The molecule has 0 aliphatic carbocycles. The summed E-state index contributed by atoms with van der Waals surface area (Å²) in [5.74, 6) is 0. The van der Waals surface area contributed by atoms with Crippen LogP contribution in [0.1, 0.15) is 13.3 Å². The third-order valence-electron chi connectivity index (χ3n) is 3.59. The lowest BCUT2D eigenvalue weighted by molar-refractivity contribution is 1.11. The topological polar surface area (TPSA) is 12.4 Å². The van der Waals surface area contributed by atoms with Gasteiger partial charge in [0.2, 0.25) is 0 Å². The molecule has 0 fully saturated rings. The second-order valence-corrected chi connectivity index (χ2v) is 7.71. The van der Waals surface area contributed by atoms with Crippen molar-refractivity contribution in [2.24, 2.45) is 4.99 Å². The summed E-state index contributed by atoms with van der Waals surface area (Å²) in [5.41, 5.74) is 1.41. The lowest BCUT2D eigenvalue weighted by atomic mass is 10.2. The summed E-state index contributed by atoms with van der Waals surface area (Å²) in [6.07, 6.45) is 10.3. The van der Waals surface area contributed by atoms with E-state index in [1.807, 2.05) is 12.3 Å². The van der Waals surface area contributed by atoms with Crippen LogP contribution in [0.2, 0.25) is 0 Å². The second-order valence-electron chi connectivity index (χ2n) is 5.38. The highest BCUT2D eigenvalue weighted by Gasteiger charge is 2.12. The highest BCUT2D eigenvalue weighted by Crippen LogP contribution is 2.35. The number of nitrogens with zero attached hydrogens (tertiary/aromatic N) is 1. The van der Waals surface area contributed by atoms with E-state index in [4.69, 9.17) is 0 Å². The molecule has 0 aliphatic rings. The highest BCUT2D eigenvalue weighted by molar-refractivity contribution is 7.73. The Bertz CT molecular complexity index is 617. The summed E-state index contributed by atoms with van der Waals surface area (Å²) >= 11 is 0. The van der Waals surface area contributed by atoms with Crippen LogP contribution in [-0.2, 0) is 0 Å². The van der Waals surface area contributed by atoms with Gasteiger partial charge in [-0.2, -0.15) is 0 Å². The van der Waals surface area contributed by atoms with Crippen molar-refractivity contribution in [1.82, 2.24) is 0 Å². The number of aliphatic imine (C=N–C) groups is 1. The maximum atomic E-state index is 3.95. The van der Waals surface area contributed by atoms with Crippen LogP contribution in [0.5, 0.6) is 0 Å². The van der Waals surface area contributed by atoms with Crippen LogP contribution in [0.4, 0.5) is 0 Å². The molecule has 0 N–H and O–H groups in total. The number of benzene rings is 2. The molecule has 0 saturated heterocycles. The molecule has 0 spiro atoms. The Morgan fingerprint density at radius 3 is 2.00 bits per heavy atom. The fourth-order valence-corrected chi connectivity index (χ4v) is 4.81. The molecule has 0 atom stereocenters. The van der Waals surface area contributed by atoms with E-state index in [-0.39, 0.29) is 7.92 Å². The predicted molar refractivity (Wildman–Crippen MR) is 106 cm³/mol. The van der Waals surface area contributed by atoms with Crippen molar-refractivity contribution in [1.29, 1.82) is 0 Å². The first-order chi connectivity index (χ1) is 11.3. The van der Waals surface area contributed by atoms with Gasteiger partial charge in [0.1, 0.15) is 0 Å². The molecule has 0 heterocycles. The molecule has 0 amide bonds. The van der Waals surface area contributed by atoms with Crippen LogP contribution in [0.15, 0.2) is 89.5 Å². The predicted octanol–water partition coefficient (Wildman–Crippen LogP) is 4.71. The van der Waals surface area contributed by atoms with Crippen LogP contribution in [0.3, 0.4) is 0 Å². The molecule has 23 heavy (non-hydrogen) atoms. The molecule has 2 rings (SSSR count). The Labute approximate surface area is 141 Å². The van der Waals surface area contributed by atoms with Crippen LogP contribution in [-0.4, -0.2) is 19.4 Å². The van der Waals surface area contributed by atoms with Gasteiger partial charge in [0.15, 0.2) is 0 Å². The molecule has 0 aromatic heterocycles. The third kappa shape index (κ3) is 5.96. The number of allylic oxidation sites excluding steroid dienone is 4. The molecule has 0 saturated carbocycles. The van der Waals surface area contributed by atoms with Crippen LogP contribution < -0.4 is 10.6 Å². The van der Waals surface area contributed by atoms with Crippen LogP contribution in [0, 0.1) is 0 Å². The largest absolute Gasteiger partial charge is 0.297 e. The SMILES string of the molecule is C/N=C/C=C\C=C(/C)CCP(c1ccccc1)c1ccccc1. The summed E-state index contributed by atoms with van der Waals surface area (Å²) < 4.78 is 0. The van der Waals surface area contributed by atoms with E-state index in [0.717, 1.165) is 6.42 Å². The van der Waals surface area contributed by atoms with E-state index in [1.165, 1.54) is 22.3 Å². The van der Waals surface area contributed by atoms with E-state index in [2.05, 4.69) is 84.7 Å². The van der Waals surface area contributed by atoms with Gasteiger partial charge in [-0.25, -0.2) is 0 Å². The average Bonchev–Trinajstić information content (AvgIpc) is 2.61. The minimum absolute atomic E-state index is 0.296. The van der Waals surface area contributed by atoms with Gasteiger partial charge >= 0.3 is 0 Å². The summed E-state index contributed by atoms with van der Waals surface area (Å²) in [5, 5.41) is 2.91. The molecular formula is C21H24NP. The Morgan fingerprint density at radius 2 is 1.48 bits per heavy atom. The Hall–Kier alpha value is -1.98. The molecular weight excluding hydrogens is 297 g/mol. The quantitative estimate of drug-likeness (QED) is 0.398. The normalized spacial score (nSPS) is 12.6. The summed E-state index contributed by atoms with van der Waals surface area (Å²) in [6, 6.07) is 21.8. The first-order valence-corrected chi connectivity index (χ1v) is 9.46. The minimum atomic E-state index is -0.296. The molecule has 118 valence electrons. The molecule has 0 aliphatic heterocycles. The van der Waals surface area contributed by atoms with E-state index >= 15 is 0 Å². The summed E-state index contributed by atoms with van der Waals surface area (Å²) in [4.78, 5) is 3.95. The molecule has 2 aromatic rings. The molecule has 1 nitrogen and oxygen atoms in total. The van der Waals surface area contributed by atoms with Crippen molar-refractivity contribution in [2.75, 3.05) is 13.2 Å². The van der Waals surface area contributed by atoms with Gasteiger partial charge in [0.05, 0.1) is 0 Å². The summed E-state index contributed by atoms with van der Waals surface area (Å²) in [7, 11) is 1.49. The monoisotopic (exact) mass is 321 g/mol. The molecule has 0 radical (unpaired) electrons. The molecule has 0 bridgehead atoms. The first kappa shape index (κ1) is 17.4. The standard InChI is InChI=1S/C21H24NP/c1-19(11-9-10-17-22-2)16-18-23(20-12-5-3-6-13-20)21-14-7-4-8-15-21/h3-15,17H,16,18H2,1-2H3/b10-9-,19-11+,22-17+. The molecule has 2 aromatic carbocycles. The number of rotatable bonds is 7. The molecule has 0 unspecified atom stereocenters. The number of hydrogen-bond acceptors (Lipinski definition) is 1. The van der Waals surface area contributed by atoms with Crippen molar-refractivity contribution in [3.63, 3.8) is 0 Å². The van der Waals surface area contributed by atoms with E-state index < -0.39 is 0 Å². The minimum Gasteiger partial charge on any atom is -0.297 e. The zero-order chi connectivity index (χ0) is 16.3. The van der Waals surface area contributed by atoms with Gasteiger partial charge < -0.3 is 0 Å². The fraction of sp³-hybridized carbons (Fsp3) is 0.190. The Kier molecular flexibility index (Phi) is 7.49. The maximum Gasteiger partial charge on any atom is 0.0277 e. The highest BCUT2D eigenvalue weighted by atomic mass is 31.1. The van der Waals surface area contributed by atoms with Gasteiger partial charge in [-0.1, -0.05) is 78.4 Å². The van der Waals surface area contributed by atoms with E-state index in [0.29, 0.717) is 0 Å². The Balaban J connectivity index is 2.10. The van der Waals surface area contributed by atoms with E-state index in [1.54, 1.807) is 7.05 Å². The third-order valence-corrected chi connectivity index (χ3v) is 6.11. The lowest BCUT2D eigenvalue weighted by Crippen LogP contribution is -2.13. The van der Waals surface area contributed by atoms with Gasteiger partial charge in [-0.05, 0) is 44.1 Å². The van der Waals surface area contributed by atoms with E-state index in [9.17, 15) is 0 Å². The van der Waals surface area contributed by atoms with Gasteiger partial charge in [-0.15, -0.1) is 0 Å². The Morgan fingerprint density at radius 1 is 0.913 bits per heavy atom. The van der Waals surface area contributed by atoms with Gasteiger partial charge in [0, 0.05) is 13.3 Å². The first-order valence-electron chi connectivity index (χ1n) is 7.93. The lowest BCUT2D eigenvalue weighted by Gasteiger charge is -2.18.